The highest BCUT2D eigenvalue weighted by molar-refractivity contribution is 5.88. The van der Waals surface area contributed by atoms with Crippen molar-refractivity contribution in [2.75, 3.05) is 6.54 Å². The quantitative estimate of drug-likeness (QED) is 0.772. The van der Waals surface area contributed by atoms with Crippen molar-refractivity contribution < 1.29 is 14.3 Å². The lowest BCUT2D eigenvalue weighted by Gasteiger charge is -2.27. The molecule has 1 aliphatic rings. The molecule has 0 aromatic carbocycles. The fourth-order valence-electron chi connectivity index (χ4n) is 1.99. The molecule has 0 aromatic rings. The number of ether oxygens (including phenoxy) is 1. The van der Waals surface area contributed by atoms with E-state index < -0.39 is 17.7 Å². The van der Waals surface area contributed by atoms with Gasteiger partial charge in [0, 0.05) is 19.4 Å². The van der Waals surface area contributed by atoms with Crippen LogP contribution in [0.25, 0.3) is 0 Å². The molecule has 0 N–H and O–H groups in total. The molecule has 1 rings (SSSR count). The molecule has 5 nitrogen and oxygen atoms in total. The molecule has 0 saturated carbocycles. The Balaban J connectivity index is 2.62. The molecule has 1 atom stereocenters. The summed E-state index contributed by atoms with van der Waals surface area (Å²) in [6.07, 6.45) is 1.46. The number of Topliss-reactive ketones (excluding diaryl/α,β-unsaturated/α-hetero) is 1. The van der Waals surface area contributed by atoms with Gasteiger partial charge in [-0.2, -0.15) is 5.26 Å². The Morgan fingerprint density at radius 3 is 2.67 bits per heavy atom. The first kappa shape index (κ1) is 14.5. The fraction of sp³-hybridized carbons (Fsp3) is 0.769. The molecule has 1 aliphatic heterocycles. The zero-order valence-electron chi connectivity index (χ0n) is 11.2. The molecule has 0 aliphatic carbocycles. The number of carbonyl (C=O) groups is 2. The predicted octanol–water partition coefficient (Wildman–Crippen LogP) is 2.26. The van der Waals surface area contributed by atoms with Gasteiger partial charge in [-0.15, -0.1) is 0 Å². The Hall–Kier alpha value is -1.57. The summed E-state index contributed by atoms with van der Waals surface area (Å²) in [4.78, 5) is 25.3. The maximum atomic E-state index is 11.9. The van der Waals surface area contributed by atoms with E-state index in [1.807, 2.05) is 6.07 Å². The number of rotatable bonds is 3. The second-order valence-electron chi connectivity index (χ2n) is 5.46. The topological polar surface area (TPSA) is 70.4 Å². The summed E-state index contributed by atoms with van der Waals surface area (Å²) < 4.78 is 5.28. The van der Waals surface area contributed by atoms with Crippen LogP contribution < -0.4 is 0 Å². The summed E-state index contributed by atoms with van der Waals surface area (Å²) >= 11 is 0. The summed E-state index contributed by atoms with van der Waals surface area (Å²) in [6.45, 7) is 5.95. The van der Waals surface area contributed by atoms with Gasteiger partial charge in [0.1, 0.15) is 5.60 Å². The van der Waals surface area contributed by atoms with E-state index in [1.54, 1.807) is 20.8 Å². The molecule has 0 spiro atoms. The first-order chi connectivity index (χ1) is 8.35. The summed E-state index contributed by atoms with van der Waals surface area (Å²) in [6, 6.07) is 1.54. The van der Waals surface area contributed by atoms with E-state index in [4.69, 9.17) is 10.00 Å². The lowest BCUT2D eigenvalue weighted by atomic mass is 10.1. The maximum Gasteiger partial charge on any atom is 0.410 e. The maximum absolute atomic E-state index is 11.9. The fourth-order valence-corrected chi connectivity index (χ4v) is 1.99. The van der Waals surface area contributed by atoms with E-state index in [0.717, 1.165) is 6.42 Å². The van der Waals surface area contributed by atoms with Gasteiger partial charge in [-0.1, -0.05) is 0 Å². The predicted molar refractivity (Wildman–Crippen MR) is 65.8 cm³/mol. The van der Waals surface area contributed by atoms with Crippen LogP contribution in [0, 0.1) is 11.3 Å². The van der Waals surface area contributed by atoms with E-state index in [1.165, 1.54) is 4.90 Å². The Bertz CT molecular complexity index is 365. The number of amides is 1. The lowest BCUT2D eigenvalue weighted by molar-refractivity contribution is -0.123. The number of hydrogen-bond donors (Lipinski definition) is 0. The second kappa shape index (κ2) is 5.85. The molecule has 0 bridgehead atoms. The third-order valence-corrected chi connectivity index (χ3v) is 2.74. The highest BCUT2D eigenvalue weighted by atomic mass is 16.6. The molecule has 1 fully saturated rings. The Labute approximate surface area is 108 Å². The van der Waals surface area contributed by atoms with Crippen LogP contribution in [0.15, 0.2) is 0 Å². The van der Waals surface area contributed by atoms with Gasteiger partial charge >= 0.3 is 6.09 Å². The van der Waals surface area contributed by atoms with Crippen molar-refractivity contribution in [1.82, 2.24) is 4.90 Å². The summed E-state index contributed by atoms with van der Waals surface area (Å²) in [5.41, 5.74) is -0.556. The Kier molecular flexibility index (Phi) is 4.71. The van der Waals surface area contributed by atoms with Crippen LogP contribution in [-0.4, -0.2) is 35.0 Å². The zero-order chi connectivity index (χ0) is 13.8. The van der Waals surface area contributed by atoms with E-state index in [2.05, 4.69) is 0 Å². The molecule has 1 saturated heterocycles. The number of carbonyl (C=O) groups excluding carboxylic acids is 2. The van der Waals surface area contributed by atoms with Gasteiger partial charge in [0.2, 0.25) is 0 Å². The molecular formula is C13H20N2O3. The summed E-state index contributed by atoms with van der Waals surface area (Å²) in [5, 5.41) is 8.48. The van der Waals surface area contributed by atoms with Crippen molar-refractivity contribution in [1.29, 1.82) is 5.26 Å². The molecule has 100 valence electrons. The minimum absolute atomic E-state index is 0.0418. The highest BCUT2D eigenvalue weighted by Gasteiger charge is 2.35. The number of ketones is 1. The van der Waals surface area contributed by atoms with Gasteiger partial charge in [-0.3, -0.25) is 9.69 Å². The third-order valence-electron chi connectivity index (χ3n) is 2.74. The zero-order valence-corrected chi connectivity index (χ0v) is 11.2. The summed E-state index contributed by atoms with van der Waals surface area (Å²) in [7, 11) is 0. The Morgan fingerprint density at radius 2 is 2.11 bits per heavy atom. The molecule has 0 aromatic heterocycles. The molecule has 0 radical (unpaired) electrons. The van der Waals surface area contributed by atoms with Crippen LogP contribution in [0.1, 0.15) is 46.5 Å². The van der Waals surface area contributed by atoms with Crippen molar-refractivity contribution in [3.05, 3.63) is 0 Å². The molecule has 5 heteroatoms. The first-order valence-corrected chi connectivity index (χ1v) is 6.24. The third kappa shape index (κ3) is 4.02. The highest BCUT2D eigenvalue weighted by Crippen LogP contribution is 2.22. The van der Waals surface area contributed by atoms with Gasteiger partial charge in [0.05, 0.1) is 12.1 Å². The van der Waals surface area contributed by atoms with Crippen LogP contribution in [-0.2, 0) is 9.53 Å². The van der Waals surface area contributed by atoms with E-state index in [9.17, 15) is 9.59 Å². The van der Waals surface area contributed by atoms with Crippen molar-refractivity contribution in [3.8, 4) is 6.07 Å². The first-order valence-electron chi connectivity index (χ1n) is 6.24. The van der Waals surface area contributed by atoms with E-state index in [-0.39, 0.29) is 18.6 Å². The SMILES string of the molecule is CC(C)(C)OC(=O)N1CCC[C@H]1C(=O)CCC#N. The van der Waals surface area contributed by atoms with E-state index >= 15 is 0 Å². The Morgan fingerprint density at radius 1 is 1.44 bits per heavy atom. The van der Waals surface area contributed by atoms with Gasteiger partial charge in [-0.25, -0.2) is 4.79 Å². The number of hydrogen-bond acceptors (Lipinski definition) is 4. The minimum atomic E-state index is -0.556. The second-order valence-corrected chi connectivity index (χ2v) is 5.46. The van der Waals surface area contributed by atoms with Gasteiger partial charge in [0.15, 0.2) is 5.78 Å². The molecule has 1 heterocycles. The van der Waals surface area contributed by atoms with Crippen LogP contribution in [0.2, 0.25) is 0 Å². The van der Waals surface area contributed by atoms with Crippen molar-refractivity contribution in [2.24, 2.45) is 0 Å². The number of nitrogens with zero attached hydrogens (tertiary/aromatic N) is 2. The standard InChI is InChI=1S/C13H20N2O3/c1-13(2,3)18-12(17)15-9-5-6-10(15)11(16)7-4-8-14/h10H,4-7,9H2,1-3H3/t10-/m0/s1. The summed E-state index contributed by atoms with van der Waals surface area (Å²) in [5.74, 6) is -0.0418. The number of nitriles is 1. The molecular weight excluding hydrogens is 232 g/mol. The average Bonchev–Trinajstić information content (AvgIpc) is 2.72. The number of likely N-dealkylation sites (tertiary alicyclic amines) is 1. The lowest BCUT2D eigenvalue weighted by Crippen LogP contribution is -2.43. The van der Waals surface area contributed by atoms with Crippen LogP contribution in [0.4, 0.5) is 4.79 Å². The normalized spacial score (nSPS) is 19.4. The van der Waals surface area contributed by atoms with Gasteiger partial charge in [-0.05, 0) is 33.6 Å². The van der Waals surface area contributed by atoms with Crippen molar-refractivity contribution >= 4 is 11.9 Å². The van der Waals surface area contributed by atoms with Crippen LogP contribution >= 0.6 is 0 Å². The van der Waals surface area contributed by atoms with Gasteiger partial charge < -0.3 is 4.74 Å². The minimum Gasteiger partial charge on any atom is -0.444 e. The molecule has 18 heavy (non-hydrogen) atoms. The van der Waals surface area contributed by atoms with Crippen LogP contribution in [0.5, 0.6) is 0 Å². The molecule has 1 amide bonds. The van der Waals surface area contributed by atoms with E-state index in [0.29, 0.717) is 13.0 Å². The van der Waals surface area contributed by atoms with Crippen LogP contribution in [0.3, 0.4) is 0 Å². The van der Waals surface area contributed by atoms with Gasteiger partial charge in [0.25, 0.3) is 0 Å². The average molecular weight is 252 g/mol. The largest absolute Gasteiger partial charge is 0.444 e. The van der Waals surface area contributed by atoms with Crippen molar-refractivity contribution in [3.63, 3.8) is 0 Å². The molecule has 0 unspecified atom stereocenters. The monoisotopic (exact) mass is 252 g/mol. The smallest absolute Gasteiger partial charge is 0.410 e. The van der Waals surface area contributed by atoms with Crippen molar-refractivity contribution in [2.45, 2.75) is 58.1 Å².